The van der Waals surface area contributed by atoms with Gasteiger partial charge in [0.15, 0.2) is 11.6 Å². The number of carbonyl (C=O) groups excluding carboxylic acids is 2. The van der Waals surface area contributed by atoms with E-state index in [9.17, 15) is 24.3 Å². The number of fused-ring (bicyclic) bond motifs is 2. The number of aromatic amines is 1. The van der Waals surface area contributed by atoms with E-state index in [1.165, 1.54) is 0 Å². The van der Waals surface area contributed by atoms with Gasteiger partial charge in [0.25, 0.3) is 5.56 Å². The van der Waals surface area contributed by atoms with Crippen molar-refractivity contribution in [1.82, 2.24) is 9.55 Å². The van der Waals surface area contributed by atoms with E-state index in [-0.39, 0.29) is 22.8 Å². The van der Waals surface area contributed by atoms with E-state index in [2.05, 4.69) is 9.98 Å². The number of aryl methyl sites for hydroxylation is 1. The molecule has 0 spiro atoms. The number of hydrogen-bond donors (Lipinski definition) is 2. The van der Waals surface area contributed by atoms with Crippen molar-refractivity contribution in [3.8, 4) is 11.6 Å². The van der Waals surface area contributed by atoms with Gasteiger partial charge < -0.3 is 5.11 Å². The lowest BCUT2D eigenvalue weighted by atomic mass is 9.71. The van der Waals surface area contributed by atoms with Crippen molar-refractivity contribution >= 4 is 17.8 Å². The molecule has 2 atom stereocenters. The molecule has 0 unspecified atom stereocenters. The minimum atomic E-state index is -0.840. The Morgan fingerprint density at radius 2 is 1.74 bits per heavy atom. The lowest BCUT2D eigenvalue weighted by molar-refractivity contribution is 0.0793. The molecule has 0 aliphatic heterocycles. The smallest absolute Gasteiger partial charge is 0.335 e. The highest BCUT2D eigenvalue weighted by Crippen LogP contribution is 2.38. The number of H-pyrrole nitrogens is 1. The van der Waals surface area contributed by atoms with Crippen LogP contribution in [0.3, 0.4) is 0 Å². The first kappa shape index (κ1) is 21.3. The molecule has 1 aromatic heterocycles. The average molecular weight is 453 g/mol. The molecule has 0 bridgehead atoms. The van der Waals surface area contributed by atoms with Crippen molar-refractivity contribution in [2.24, 2.45) is 16.8 Å². The number of nitrogens with zero attached hydrogens (tertiary/aromatic N) is 2. The maximum absolute atomic E-state index is 13.2. The van der Waals surface area contributed by atoms with Gasteiger partial charge in [-0.2, -0.15) is 0 Å². The third kappa shape index (κ3) is 3.36. The summed E-state index contributed by atoms with van der Waals surface area (Å²) in [5, 5.41) is 10.8. The van der Waals surface area contributed by atoms with E-state index in [0.717, 1.165) is 16.3 Å². The van der Waals surface area contributed by atoms with Crippen LogP contribution in [0.5, 0.6) is 5.88 Å². The maximum atomic E-state index is 13.2. The Bertz CT molecular complexity index is 1570. The largest absolute Gasteiger partial charge is 0.493 e. The van der Waals surface area contributed by atoms with Crippen LogP contribution in [-0.2, 0) is 0 Å². The van der Waals surface area contributed by atoms with Gasteiger partial charge in [0.05, 0.1) is 23.2 Å². The zero-order valence-electron chi connectivity index (χ0n) is 18.1. The van der Waals surface area contributed by atoms with E-state index >= 15 is 0 Å². The van der Waals surface area contributed by atoms with Gasteiger partial charge in [-0.25, -0.2) is 9.36 Å². The summed E-state index contributed by atoms with van der Waals surface area (Å²) in [4.78, 5) is 57.6. The molecule has 2 aliphatic rings. The third-order valence-corrected chi connectivity index (χ3v) is 6.03. The number of hydrogen-bond acceptors (Lipinski definition) is 6. The Hall–Kier alpha value is -4.59. The monoisotopic (exact) mass is 453 g/mol. The minimum absolute atomic E-state index is 0.175. The summed E-state index contributed by atoms with van der Waals surface area (Å²) in [5.41, 5.74) is 0.358. The first-order valence-corrected chi connectivity index (χ1v) is 10.6. The van der Waals surface area contributed by atoms with Gasteiger partial charge in [0, 0.05) is 17.3 Å². The van der Waals surface area contributed by atoms with Crippen molar-refractivity contribution in [3.63, 3.8) is 0 Å². The predicted octanol–water partition coefficient (Wildman–Crippen LogP) is 2.72. The van der Waals surface area contributed by atoms with Crippen molar-refractivity contribution in [2.75, 3.05) is 0 Å². The zero-order chi connectivity index (χ0) is 24.0. The van der Waals surface area contributed by atoms with Gasteiger partial charge in [-0.05, 0) is 30.7 Å². The van der Waals surface area contributed by atoms with E-state index in [1.807, 2.05) is 13.0 Å². The molecule has 1 heterocycles. The van der Waals surface area contributed by atoms with Crippen LogP contribution >= 0.6 is 0 Å². The van der Waals surface area contributed by atoms with Gasteiger partial charge in [0.2, 0.25) is 5.88 Å². The Labute approximate surface area is 193 Å². The number of nitrogens with one attached hydrogen (secondary N) is 1. The molecule has 3 aromatic rings. The molecule has 0 fully saturated rings. The normalized spacial score (nSPS) is 19.1. The van der Waals surface area contributed by atoms with Crippen molar-refractivity contribution in [1.29, 1.82) is 0 Å². The van der Waals surface area contributed by atoms with Crippen LogP contribution in [0.4, 0.5) is 0 Å². The summed E-state index contributed by atoms with van der Waals surface area (Å²) in [6.45, 7) is 1.83. The quantitative estimate of drug-likeness (QED) is 0.591. The number of benzene rings is 2. The first-order chi connectivity index (χ1) is 16.4. The number of aliphatic imine (C=N–C) groups is 1. The molecule has 168 valence electrons. The second-order valence-corrected chi connectivity index (χ2v) is 8.18. The molecular weight excluding hydrogens is 434 g/mol. The van der Waals surface area contributed by atoms with E-state index < -0.39 is 29.0 Å². The summed E-state index contributed by atoms with van der Waals surface area (Å²) in [5.74, 6) is -2.54. The SMILES string of the molecule is Cc1cccc(-n2c(O)c(C=NC3=CC=C[C@H]4C(=O)c5ccccc5C(=O)[C@@H]34)c(=O)[nH]c2=O)c1. The highest BCUT2D eigenvalue weighted by molar-refractivity contribution is 6.17. The van der Waals surface area contributed by atoms with Crippen molar-refractivity contribution in [2.45, 2.75) is 6.92 Å². The van der Waals surface area contributed by atoms with Gasteiger partial charge in [-0.1, -0.05) is 48.6 Å². The number of carbonyl (C=O) groups is 2. The van der Waals surface area contributed by atoms with Gasteiger partial charge in [0.1, 0.15) is 5.56 Å². The molecule has 8 nitrogen and oxygen atoms in total. The summed E-state index contributed by atoms with van der Waals surface area (Å²) in [6.07, 6.45) is 6.02. The fourth-order valence-electron chi connectivity index (χ4n) is 4.39. The van der Waals surface area contributed by atoms with Crippen LogP contribution in [0.15, 0.2) is 87.0 Å². The van der Waals surface area contributed by atoms with Crippen molar-refractivity contribution < 1.29 is 14.7 Å². The van der Waals surface area contributed by atoms with Crippen molar-refractivity contribution in [3.05, 3.63) is 116 Å². The van der Waals surface area contributed by atoms with Crippen LogP contribution in [0.1, 0.15) is 31.8 Å². The Morgan fingerprint density at radius 3 is 2.47 bits per heavy atom. The average Bonchev–Trinajstić information content (AvgIpc) is 2.82. The van der Waals surface area contributed by atoms with Gasteiger partial charge in [-0.15, -0.1) is 0 Å². The third-order valence-electron chi connectivity index (χ3n) is 6.03. The van der Waals surface area contributed by atoms with E-state index in [4.69, 9.17) is 0 Å². The minimum Gasteiger partial charge on any atom is -0.493 e. The van der Waals surface area contributed by atoms with Crippen LogP contribution in [0.2, 0.25) is 0 Å². The molecule has 2 aromatic carbocycles. The Kier molecular flexibility index (Phi) is 5.05. The molecule has 0 saturated carbocycles. The number of ketones is 2. The highest BCUT2D eigenvalue weighted by Gasteiger charge is 2.42. The number of aromatic nitrogens is 2. The summed E-state index contributed by atoms with van der Waals surface area (Å²) in [6, 6.07) is 13.5. The number of rotatable bonds is 3. The van der Waals surface area contributed by atoms with E-state index in [0.29, 0.717) is 16.8 Å². The molecule has 0 radical (unpaired) electrons. The second-order valence-electron chi connectivity index (χ2n) is 8.18. The molecule has 0 amide bonds. The first-order valence-electron chi connectivity index (χ1n) is 10.6. The topological polar surface area (TPSA) is 122 Å². The Morgan fingerprint density at radius 1 is 1.00 bits per heavy atom. The predicted molar refractivity (Wildman–Crippen MR) is 126 cm³/mol. The lowest BCUT2D eigenvalue weighted by Gasteiger charge is -2.30. The van der Waals surface area contributed by atoms with E-state index in [1.54, 1.807) is 60.7 Å². The molecule has 2 N–H and O–H groups in total. The van der Waals surface area contributed by atoms with Crippen LogP contribution in [0, 0.1) is 18.8 Å². The lowest BCUT2D eigenvalue weighted by Crippen LogP contribution is -2.37. The zero-order valence-corrected chi connectivity index (χ0v) is 18.1. The molecular formula is C26H19N3O5. The maximum Gasteiger partial charge on any atom is 0.335 e. The van der Waals surface area contributed by atoms with Gasteiger partial charge in [-0.3, -0.25) is 24.4 Å². The van der Waals surface area contributed by atoms with Crippen LogP contribution in [0.25, 0.3) is 5.69 Å². The molecule has 5 rings (SSSR count). The number of allylic oxidation sites excluding steroid dienone is 4. The second kappa shape index (κ2) is 8.08. The fraction of sp³-hybridized carbons (Fsp3) is 0.115. The van der Waals surface area contributed by atoms with Crippen LogP contribution < -0.4 is 11.2 Å². The summed E-state index contributed by atoms with van der Waals surface area (Å²) >= 11 is 0. The highest BCUT2D eigenvalue weighted by atomic mass is 16.3. The molecule has 0 saturated heterocycles. The van der Waals surface area contributed by atoms with Gasteiger partial charge >= 0.3 is 5.69 Å². The van der Waals surface area contributed by atoms with Crippen LogP contribution in [-0.4, -0.2) is 32.4 Å². The number of Topliss-reactive ketones (excluding diaryl/α,β-unsaturated/α-hetero) is 2. The molecule has 8 heteroatoms. The summed E-state index contributed by atoms with van der Waals surface area (Å²) < 4.78 is 0.971. The molecule has 2 aliphatic carbocycles. The fourth-order valence-corrected chi connectivity index (χ4v) is 4.39. The Balaban J connectivity index is 1.57. The molecule has 34 heavy (non-hydrogen) atoms. The standard InChI is InChI=1S/C26H19N3O5/c1-14-6-4-7-15(12-14)29-25(33)19(24(32)28-26(29)34)13-27-20-11-5-10-18-21(20)23(31)17-9-3-2-8-16(17)22(18)30/h2-13,18,21,33H,1H3,(H,28,32,34)/t18-,21-/m1/s1. The number of aromatic hydroxyl groups is 1. The summed E-state index contributed by atoms with van der Waals surface area (Å²) in [7, 11) is 0.